The number of nitrogens with one attached hydrogen (secondary N) is 1. The van der Waals surface area contributed by atoms with Crippen molar-refractivity contribution in [3.8, 4) is 16.9 Å². The first-order valence-electron chi connectivity index (χ1n) is 9.70. The summed E-state index contributed by atoms with van der Waals surface area (Å²) in [7, 11) is 0. The number of carbonyl (C=O) groups is 1. The minimum absolute atomic E-state index is 0.293. The van der Waals surface area contributed by atoms with Crippen molar-refractivity contribution in [2.45, 2.75) is 13.3 Å². The van der Waals surface area contributed by atoms with Crippen LogP contribution in [0.15, 0.2) is 55.0 Å². The van der Waals surface area contributed by atoms with Gasteiger partial charge in [0, 0.05) is 41.9 Å². The lowest BCUT2D eigenvalue weighted by molar-refractivity contribution is -0.274. The molecule has 1 aliphatic rings. The fraction of sp³-hybridized carbons (Fsp3) is 0.227. The fourth-order valence-corrected chi connectivity index (χ4v) is 3.27. The van der Waals surface area contributed by atoms with Crippen molar-refractivity contribution in [1.82, 2.24) is 9.97 Å². The molecule has 1 fully saturated rings. The molecule has 166 valence electrons. The Kier molecular flexibility index (Phi) is 5.95. The smallest absolute Gasteiger partial charge is 0.406 e. The first-order valence-corrected chi connectivity index (χ1v) is 9.70. The van der Waals surface area contributed by atoms with E-state index in [0.29, 0.717) is 37.0 Å². The number of nitrogens with zero attached hydrogens (tertiary/aromatic N) is 3. The highest BCUT2D eigenvalue weighted by atomic mass is 19.4. The van der Waals surface area contributed by atoms with Crippen molar-refractivity contribution in [2.24, 2.45) is 0 Å². The summed E-state index contributed by atoms with van der Waals surface area (Å²) in [5.41, 5.74) is 3.11. The predicted octanol–water partition coefficient (Wildman–Crippen LogP) is 4.40. The summed E-state index contributed by atoms with van der Waals surface area (Å²) in [5, 5.41) is 2.66. The Balaban J connectivity index is 1.59. The summed E-state index contributed by atoms with van der Waals surface area (Å²) in [4.78, 5) is 23.5. The second kappa shape index (κ2) is 8.83. The number of aryl methyl sites for hydroxylation is 1. The van der Waals surface area contributed by atoms with Crippen LogP contribution in [-0.2, 0) is 4.74 Å². The molecular formula is C22H19F3N4O3. The Morgan fingerprint density at radius 3 is 2.59 bits per heavy atom. The Morgan fingerprint density at radius 1 is 1.16 bits per heavy atom. The molecule has 10 heteroatoms. The number of ether oxygens (including phenoxy) is 2. The van der Waals surface area contributed by atoms with Gasteiger partial charge in [-0.05, 0) is 48.9 Å². The number of hydrogen-bond donors (Lipinski definition) is 1. The van der Waals surface area contributed by atoms with Gasteiger partial charge in [-0.1, -0.05) is 0 Å². The highest BCUT2D eigenvalue weighted by Gasteiger charge is 2.31. The highest BCUT2D eigenvalue weighted by Crippen LogP contribution is 2.31. The number of rotatable bonds is 5. The second-order valence-corrected chi connectivity index (χ2v) is 7.17. The maximum Gasteiger partial charge on any atom is 0.573 e. The molecule has 4 rings (SSSR count). The zero-order valence-electron chi connectivity index (χ0n) is 17.0. The first kappa shape index (κ1) is 21.6. The van der Waals surface area contributed by atoms with Crippen LogP contribution >= 0.6 is 0 Å². The highest BCUT2D eigenvalue weighted by molar-refractivity contribution is 6.05. The average Bonchev–Trinajstić information content (AvgIpc) is 3.28. The number of alkyl halides is 3. The number of aromatic nitrogens is 2. The summed E-state index contributed by atoms with van der Waals surface area (Å²) in [6.07, 6.45) is 0.111. The normalized spacial score (nSPS) is 13.8. The molecular weight excluding hydrogens is 425 g/mol. The lowest BCUT2D eigenvalue weighted by atomic mass is 10.0. The molecule has 1 N–H and O–H groups in total. The molecule has 2 aromatic heterocycles. The fourth-order valence-electron chi connectivity index (χ4n) is 3.27. The molecule has 0 unspecified atom stereocenters. The molecule has 1 aromatic carbocycles. The van der Waals surface area contributed by atoms with Crippen LogP contribution in [0.1, 0.15) is 15.9 Å². The van der Waals surface area contributed by atoms with E-state index in [-0.39, 0.29) is 5.75 Å². The SMILES string of the molecule is Cc1cncc(-c2cc(C(=O)Nc3ccc(OC(F)(F)F)cc3)cnc2N2CCOC2)c1. The first-order chi connectivity index (χ1) is 15.3. The second-order valence-electron chi connectivity index (χ2n) is 7.17. The lowest BCUT2D eigenvalue weighted by Gasteiger charge is -2.19. The molecule has 1 aliphatic heterocycles. The molecule has 7 nitrogen and oxygen atoms in total. The van der Waals surface area contributed by atoms with E-state index in [1.807, 2.05) is 17.9 Å². The van der Waals surface area contributed by atoms with Crippen LogP contribution in [0, 0.1) is 6.92 Å². The van der Waals surface area contributed by atoms with Gasteiger partial charge in [-0.3, -0.25) is 9.78 Å². The van der Waals surface area contributed by atoms with Crippen LogP contribution in [-0.4, -0.2) is 42.1 Å². The third kappa shape index (κ3) is 5.14. The number of pyridine rings is 2. The number of anilines is 2. The predicted molar refractivity (Wildman–Crippen MR) is 111 cm³/mol. The van der Waals surface area contributed by atoms with Gasteiger partial charge < -0.3 is 19.7 Å². The van der Waals surface area contributed by atoms with Gasteiger partial charge in [0.25, 0.3) is 5.91 Å². The van der Waals surface area contributed by atoms with Crippen LogP contribution in [0.25, 0.3) is 11.1 Å². The molecule has 0 atom stereocenters. The summed E-state index contributed by atoms with van der Waals surface area (Å²) < 4.78 is 46.2. The minimum Gasteiger partial charge on any atom is -0.406 e. The number of halogens is 3. The van der Waals surface area contributed by atoms with Gasteiger partial charge in [0.05, 0.1) is 12.2 Å². The summed E-state index contributed by atoms with van der Waals surface area (Å²) >= 11 is 0. The Labute approximate surface area is 181 Å². The van der Waals surface area contributed by atoms with E-state index in [4.69, 9.17) is 4.74 Å². The molecule has 0 spiro atoms. The van der Waals surface area contributed by atoms with Gasteiger partial charge in [-0.25, -0.2) is 4.98 Å². The standard InChI is InChI=1S/C22H19F3N4O3/c1-14-8-15(11-26-10-14)19-9-16(12-27-20(19)29-6-7-31-13-29)21(30)28-17-2-4-18(5-3-17)32-22(23,24)25/h2-5,8-12H,6-7,13H2,1H3,(H,28,30). The Morgan fingerprint density at radius 2 is 1.94 bits per heavy atom. The summed E-state index contributed by atoms with van der Waals surface area (Å²) in [5.74, 6) is -0.142. The lowest BCUT2D eigenvalue weighted by Crippen LogP contribution is -2.21. The molecule has 0 radical (unpaired) electrons. The molecule has 0 aliphatic carbocycles. The van der Waals surface area contributed by atoms with Crippen LogP contribution in [0.5, 0.6) is 5.75 Å². The van der Waals surface area contributed by atoms with Crippen molar-refractivity contribution in [3.05, 3.63) is 66.1 Å². The quantitative estimate of drug-likeness (QED) is 0.629. The van der Waals surface area contributed by atoms with Gasteiger partial charge in [0.15, 0.2) is 0 Å². The van der Waals surface area contributed by atoms with Crippen LogP contribution in [0.4, 0.5) is 24.7 Å². The van der Waals surface area contributed by atoms with Crippen LogP contribution < -0.4 is 15.0 Å². The van der Waals surface area contributed by atoms with Gasteiger partial charge in [-0.15, -0.1) is 13.2 Å². The average molecular weight is 444 g/mol. The van der Waals surface area contributed by atoms with Crippen molar-refractivity contribution < 1.29 is 27.4 Å². The van der Waals surface area contributed by atoms with Gasteiger partial charge in [0.1, 0.15) is 18.3 Å². The van der Waals surface area contributed by atoms with E-state index in [2.05, 4.69) is 20.0 Å². The molecule has 1 saturated heterocycles. The maximum absolute atomic E-state index is 12.8. The van der Waals surface area contributed by atoms with E-state index >= 15 is 0 Å². The number of amides is 1. The minimum atomic E-state index is -4.78. The third-order valence-electron chi connectivity index (χ3n) is 4.71. The van der Waals surface area contributed by atoms with Crippen molar-refractivity contribution in [2.75, 3.05) is 30.1 Å². The van der Waals surface area contributed by atoms with Crippen molar-refractivity contribution >= 4 is 17.4 Å². The zero-order valence-corrected chi connectivity index (χ0v) is 17.0. The number of hydrogen-bond acceptors (Lipinski definition) is 6. The maximum atomic E-state index is 12.8. The van der Waals surface area contributed by atoms with Gasteiger partial charge in [0.2, 0.25) is 0 Å². The largest absolute Gasteiger partial charge is 0.573 e. The van der Waals surface area contributed by atoms with Gasteiger partial charge in [-0.2, -0.15) is 0 Å². The van der Waals surface area contributed by atoms with E-state index in [0.717, 1.165) is 28.8 Å². The Hall–Kier alpha value is -3.66. The summed E-state index contributed by atoms with van der Waals surface area (Å²) in [6.45, 7) is 3.59. The van der Waals surface area contributed by atoms with Crippen molar-refractivity contribution in [1.29, 1.82) is 0 Å². The molecule has 0 saturated carbocycles. The summed E-state index contributed by atoms with van der Waals surface area (Å²) in [6, 6.07) is 8.57. The Bertz CT molecular complexity index is 1110. The van der Waals surface area contributed by atoms with E-state index in [9.17, 15) is 18.0 Å². The molecule has 3 aromatic rings. The monoisotopic (exact) mass is 444 g/mol. The van der Waals surface area contributed by atoms with Gasteiger partial charge >= 0.3 is 6.36 Å². The van der Waals surface area contributed by atoms with Crippen LogP contribution in [0.3, 0.4) is 0 Å². The topological polar surface area (TPSA) is 76.6 Å². The van der Waals surface area contributed by atoms with E-state index in [1.54, 1.807) is 18.5 Å². The molecule has 1 amide bonds. The van der Waals surface area contributed by atoms with E-state index in [1.165, 1.54) is 18.3 Å². The van der Waals surface area contributed by atoms with Crippen molar-refractivity contribution in [3.63, 3.8) is 0 Å². The number of benzene rings is 1. The third-order valence-corrected chi connectivity index (χ3v) is 4.71. The zero-order chi connectivity index (χ0) is 22.7. The molecule has 0 bridgehead atoms. The number of carbonyl (C=O) groups excluding carboxylic acids is 1. The van der Waals surface area contributed by atoms with Crippen LogP contribution in [0.2, 0.25) is 0 Å². The van der Waals surface area contributed by atoms with E-state index < -0.39 is 12.3 Å². The molecule has 3 heterocycles. The molecule has 32 heavy (non-hydrogen) atoms.